The van der Waals surface area contributed by atoms with Crippen LogP contribution in [-0.4, -0.2) is 18.2 Å². The van der Waals surface area contributed by atoms with Crippen LogP contribution < -0.4 is 10.5 Å². The Hall–Kier alpha value is -1.53. The number of rotatable bonds is 3. The second-order valence-electron chi connectivity index (χ2n) is 3.95. The van der Waals surface area contributed by atoms with Crippen LogP contribution >= 0.6 is 27.3 Å². The number of nitrogens with two attached hydrogens (primary N) is 1. The molecule has 0 aliphatic heterocycles. The van der Waals surface area contributed by atoms with E-state index in [4.69, 9.17) is 15.6 Å². The largest absolute Gasteiger partial charge is 0.497 e. The summed E-state index contributed by atoms with van der Waals surface area (Å²) in [5, 5.41) is 9.11. The second kappa shape index (κ2) is 5.22. The number of hydrogen-bond acceptors (Lipinski definition) is 4. The van der Waals surface area contributed by atoms with Crippen LogP contribution in [-0.2, 0) is 0 Å². The predicted octanol–water partition coefficient (Wildman–Crippen LogP) is 3.78. The molecule has 1 aromatic carbocycles. The third kappa shape index (κ3) is 2.46. The third-order valence-electron chi connectivity index (χ3n) is 2.81. The highest BCUT2D eigenvalue weighted by Crippen LogP contribution is 2.42. The Balaban J connectivity index is 2.65. The molecule has 6 heteroatoms. The molecular weight excluding hydrogens is 330 g/mol. The molecule has 0 aliphatic rings. The molecule has 100 valence electrons. The number of benzene rings is 1. The standard InChI is InChI=1S/C13H12BrNO3S/c1-6-10(15)12(13(16)17)19-11(6)8-5-7(18-2)3-4-9(8)14/h3-5H,15H2,1-2H3,(H,16,17). The van der Waals surface area contributed by atoms with Crippen LogP contribution in [0.25, 0.3) is 10.4 Å². The molecule has 3 N–H and O–H groups in total. The van der Waals surface area contributed by atoms with Crippen molar-refractivity contribution >= 4 is 38.9 Å². The number of nitrogen functional groups attached to an aromatic ring is 1. The van der Waals surface area contributed by atoms with Gasteiger partial charge in [-0.15, -0.1) is 11.3 Å². The first-order valence-corrected chi connectivity index (χ1v) is 7.02. The molecular formula is C13H12BrNO3S. The van der Waals surface area contributed by atoms with Crippen molar-refractivity contribution in [2.75, 3.05) is 12.8 Å². The Kier molecular flexibility index (Phi) is 3.82. The summed E-state index contributed by atoms with van der Waals surface area (Å²) in [5.41, 5.74) is 7.82. The summed E-state index contributed by atoms with van der Waals surface area (Å²) in [6.45, 7) is 1.82. The molecule has 1 heterocycles. The van der Waals surface area contributed by atoms with Crippen LogP contribution in [0.3, 0.4) is 0 Å². The first kappa shape index (κ1) is 13.9. The Morgan fingerprint density at radius 1 is 1.47 bits per heavy atom. The van der Waals surface area contributed by atoms with Crippen molar-refractivity contribution in [1.29, 1.82) is 0 Å². The lowest BCUT2D eigenvalue weighted by Gasteiger charge is -2.06. The van der Waals surface area contributed by atoms with Gasteiger partial charge in [-0.3, -0.25) is 0 Å². The Morgan fingerprint density at radius 2 is 2.16 bits per heavy atom. The molecule has 0 unspecified atom stereocenters. The van der Waals surface area contributed by atoms with E-state index in [1.54, 1.807) is 7.11 Å². The summed E-state index contributed by atoms with van der Waals surface area (Å²) >= 11 is 4.63. The summed E-state index contributed by atoms with van der Waals surface area (Å²) in [4.78, 5) is 12.1. The van der Waals surface area contributed by atoms with Gasteiger partial charge in [-0.05, 0) is 30.7 Å². The first-order chi connectivity index (χ1) is 8.95. The Morgan fingerprint density at radius 3 is 2.68 bits per heavy atom. The minimum atomic E-state index is -1.00. The minimum absolute atomic E-state index is 0.169. The molecule has 0 fully saturated rings. The molecule has 0 radical (unpaired) electrons. The van der Waals surface area contributed by atoms with Crippen molar-refractivity contribution in [2.24, 2.45) is 0 Å². The highest BCUT2D eigenvalue weighted by molar-refractivity contribution is 9.10. The number of halogens is 1. The summed E-state index contributed by atoms with van der Waals surface area (Å²) in [5.74, 6) is -0.294. The first-order valence-electron chi connectivity index (χ1n) is 5.41. The van der Waals surface area contributed by atoms with Crippen LogP contribution in [0.4, 0.5) is 5.69 Å². The van der Waals surface area contributed by atoms with Gasteiger partial charge >= 0.3 is 5.97 Å². The summed E-state index contributed by atoms with van der Waals surface area (Å²) < 4.78 is 6.06. The summed E-state index contributed by atoms with van der Waals surface area (Å²) in [6, 6.07) is 5.55. The molecule has 2 aromatic rings. The lowest BCUT2D eigenvalue weighted by Crippen LogP contribution is -1.97. The lowest BCUT2D eigenvalue weighted by molar-refractivity contribution is 0.0703. The van der Waals surface area contributed by atoms with Crippen LogP contribution in [0.2, 0.25) is 0 Å². The minimum Gasteiger partial charge on any atom is -0.497 e. The molecule has 19 heavy (non-hydrogen) atoms. The maximum Gasteiger partial charge on any atom is 0.348 e. The van der Waals surface area contributed by atoms with Crippen molar-refractivity contribution < 1.29 is 14.6 Å². The van der Waals surface area contributed by atoms with Gasteiger partial charge in [0.15, 0.2) is 0 Å². The lowest BCUT2D eigenvalue weighted by atomic mass is 10.1. The Labute approximate surface area is 123 Å². The zero-order chi connectivity index (χ0) is 14.2. The van der Waals surface area contributed by atoms with E-state index < -0.39 is 5.97 Å². The van der Waals surface area contributed by atoms with Gasteiger partial charge in [0.05, 0.1) is 12.8 Å². The van der Waals surface area contributed by atoms with Crippen molar-refractivity contribution in [2.45, 2.75) is 6.92 Å². The molecule has 0 saturated carbocycles. The average Bonchev–Trinajstić information content (AvgIpc) is 2.67. The second-order valence-corrected chi connectivity index (χ2v) is 5.82. The fourth-order valence-electron chi connectivity index (χ4n) is 1.75. The molecule has 0 amide bonds. The van der Waals surface area contributed by atoms with Crippen LogP contribution in [0.15, 0.2) is 22.7 Å². The third-order valence-corrected chi connectivity index (χ3v) is 4.83. The normalized spacial score (nSPS) is 10.5. The van der Waals surface area contributed by atoms with E-state index in [2.05, 4.69) is 15.9 Å². The van der Waals surface area contributed by atoms with E-state index in [1.165, 1.54) is 11.3 Å². The van der Waals surface area contributed by atoms with Crippen molar-refractivity contribution in [3.05, 3.63) is 33.1 Å². The highest BCUT2D eigenvalue weighted by atomic mass is 79.9. The van der Waals surface area contributed by atoms with Crippen LogP contribution in [0.1, 0.15) is 15.2 Å². The zero-order valence-electron chi connectivity index (χ0n) is 10.4. The van der Waals surface area contributed by atoms with E-state index >= 15 is 0 Å². The quantitative estimate of drug-likeness (QED) is 0.890. The highest BCUT2D eigenvalue weighted by Gasteiger charge is 2.20. The fourth-order valence-corrected chi connectivity index (χ4v) is 3.42. The molecule has 0 bridgehead atoms. The molecule has 0 spiro atoms. The number of aromatic carboxylic acids is 1. The zero-order valence-corrected chi connectivity index (χ0v) is 12.8. The van der Waals surface area contributed by atoms with Gasteiger partial charge in [0.1, 0.15) is 10.6 Å². The Bertz CT molecular complexity index is 652. The number of ether oxygens (including phenoxy) is 1. The van der Waals surface area contributed by atoms with E-state index in [-0.39, 0.29) is 4.88 Å². The van der Waals surface area contributed by atoms with Gasteiger partial charge < -0.3 is 15.6 Å². The van der Waals surface area contributed by atoms with E-state index in [9.17, 15) is 4.79 Å². The molecule has 0 aliphatic carbocycles. The number of anilines is 1. The van der Waals surface area contributed by atoms with Gasteiger partial charge in [0.25, 0.3) is 0 Å². The molecule has 1 aromatic heterocycles. The SMILES string of the molecule is COc1ccc(Br)c(-c2sc(C(=O)O)c(N)c2C)c1. The fraction of sp³-hybridized carbons (Fsp3) is 0.154. The molecule has 0 atom stereocenters. The summed E-state index contributed by atoms with van der Waals surface area (Å²) in [7, 11) is 1.59. The van der Waals surface area contributed by atoms with E-state index in [0.29, 0.717) is 11.4 Å². The number of thiophene rings is 1. The smallest absolute Gasteiger partial charge is 0.348 e. The van der Waals surface area contributed by atoms with Crippen molar-refractivity contribution in [3.8, 4) is 16.2 Å². The number of hydrogen-bond donors (Lipinski definition) is 2. The molecule has 0 saturated heterocycles. The topological polar surface area (TPSA) is 72.5 Å². The monoisotopic (exact) mass is 341 g/mol. The van der Waals surface area contributed by atoms with Gasteiger partial charge in [0.2, 0.25) is 0 Å². The number of carboxylic acids is 1. The van der Waals surface area contributed by atoms with Crippen molar-refractivity contribution in [3.63, 3.8) is 0 Å². The van der Waals surface area contributed by atoms with Gasteiger partial charge in [-0.1, -0.05) is 15.9 Å². The predicted molar refractivity (Wildman–Crippen MR) is 80.1 cm³/mol. The van der Waals surface area contributed by atoms with Crippen molar-refractivity contribution in [1.82, 2.24) is 0 Å². The maximum atomic E-state index is 11.1. The van der Waals surface area contributed by atoms with Gasteiger partial charge in [-0.2, -0.15) is 0 Å². The van der Waals surface area contributed by atoms with Crippen LogP contribution in [0.5, 0.6) is 5.75 Å². The van der Waals surface area contributed by atoms with E-state index in [1.807, 2.05) is 25.1 Å². The van der Waals surface area contributed by atoms with Crippen LogP contribution in [0, 0.1) is 6.92 Å². The maximum absolute atomic E-state index is 11.1. The number of carbonyl (C=O) groups is 1. The van der Waals surface area contributed by atoms with Gasteiger partial charge in [0, 0.05) is 14.9 Å². The number of carboxylic acid groups (broad SMARTS) is 1. The summed E-state index contributed by atoms with van der Waals surface area (Å²) in [6.07, 6.45) is 0. The molecule has 2 rings (SSSR count). The average molecular weight is 342 g/mol. The van der Waals surface area contributed by atoms with Gasteiger partial charge in [-0.25, -0.2) is 4.79 Å². The van der Waals surface area contributed by atoms with E-state index in [0.717, 1.165) is 20.5 Å². The number of methoxy groups -OCH3 is 1. The molecule has 4 nitrogen and oxygen atoms in total.